The highest BCUT2D eigenvalue weighted by molar-refractivity contribution is 6.32. The molecule has 4 N–H and O–H groups in total. The van der Waals surface area contributed by atoms with Crippen molar-refractivity contribution in [2.24, 2.45) is 0 Å². The number of aromatic nitrogens is 4. The summed E-state index contributed by atoms with van der Waals surface area (Å²) < 4.78 is 1.27. The maximum Gasteiger partial charge on any atom is 0.325 e. The maximum absolute atomic E-state index is 10.7. The summed E-state index contributed by atoms with van der Waals surface area (Å²) in [5.74, 6) is -0.383. The molecule has 2 aromatic heterocycles. The first-order chi connectivity index (χ1) is 13.0. The van der Waals surface area contributed by atoms with Gasteiger partial charge in [-0.25, -0.2) is 4.98 Å². The quantitative estimate of drug-likeness (QED) is 0.463. The van der Waals surface area contributed by atoms with Crippen molar-refractivity contribution in [1.29, 1.82) is 0 Å². The normalized spacial score (nSPS) is 11.8. The van der Waals surface area contributed by atoms with Gasteiger partial charge in [0.2, 0.25) is 5.95 Å². The van der Waals surface area contributed by atoms with E-state index in [1.54, 1.807) is 0 Å². The summed E-state index contributed by atoms with van der Waals surface area (Å²) in [6.45, 7) is -0.389. The lowest BCUT2D eigenvalue weighted by atomic mass is 10.1. The SMILES string of the molecule is O=C(O)Cn1cc(Nc2ncc(Cl)c(N[C@H](CO)c3ccccc3)n2)cn1. The van der Waals surface area contributed by atoms with Crippen LogP contribution in [-0.2, 0) is 11.3 Å². The van der Waals surface area contributed by atoms with Gasteiger partial charge < -0.3 is 20.8 Å². The predicted molar refractivity (Wildman–Crippen MR) is 100 cm³/mol. The smallest absolute Gasteiger partial charge is 0.325 e. The van der Waals surface area contributed by atoms with Gasteiger partial charge in [-0.15, -0.1) is 0 Å². The molecule has 0 amide bonds. The molecule has 0 aliphatic heterocycles. The van der Waals surface area contributed by atoms with Crippen molar-refractivity contribution in [2.45, 2.75) is 12.6 Å². The fourth-order valence-electron chi connectivity index (χ4n) is 2.40. The third kappa shape index (κ3) is 4.93. The Labute approximate surface area is 159 Å². The molecule has 0 radical (unpaired) electrons. The molecule has 3 aromatic rings. The lowest BCUT2D eigenvalue weighted by Crippen LogP contribution is -2.16. The number of aliphatic carboxylic acids is 1. The fourth-order valence-corrected chi connectivity index (χ4v) is 2.54. The minimum atomic E-state index is -0.991. The van der Waals surface area contributed by atoms with Crippen molar-refractivity contribution in [3.05, 3.63) is 59.5 Å². The first-order valence-corrected chi connectivity index (χ1v) is 8.39. The highest BCUT2D eigenvalue weighted by Crippen LogP contribution is 2.25. The summed E-state index contributed by atoms with van der Waals surface area (Å²) in [5, 5.41) is 28.7. The van der Waals surface area contributed by atoms with Crippen LogP contribution in [0.3, 0.4) is 0 Å². The largest absolute Gasteiger partial charge is 0.480 e. The molecule has 1 aromatic carbocycles. The molecule has 3 rings (SSSR count). The van der Waals surface area contributed by atoms with Crippen molar-refractivity contribution in [3.8, 4) is 0 Å². The zero-order valence-electron chi connectivity index (χ0n) is 14.1. The second-order valence-electron chi connectivity index (χ2n) is 5.63. The van der Waals surface area contributed by atoms with E-state index in [4.69, 9.17) is 16.7 Å². The molecule has 9 nitrogen and oxygen atoms in total. The topological polar surface area (TPSA) is 125 Å². The molecule has 140 valence electrons. The minimum absolute atomic E-state index is 0.144. The van der Waals surface area contributed by atoms with Crippen molar-refractivity contribution in [3.63, 3.8) is 0 Å². The molecule has 2 heterocycles. The summed E-state index contributed by atoms with van der Waals surface area (Å²) >= 11 is 6.17. The first-order valence-electron chi connectivity index (χ1n) is 8.01. The third-order valence-corrected chi connectivity index (χ3v) is 3.90. The van der Waals surface area contributed by atoms with Crippen LogP contribution < -0.4 is 10.6 Å². The van der Waals surface area contributed by atoms with Gasteiger partial charge in [0, 0.05) is 6.20 Å². The van der Waals surface area contributed by atoms with E-state index >= 15 is 0 Å². The van der Waals surface area contributed by atoms with Crippen molar-refractivity contribution < 1.29 is 15.0 Å². The number of carbonyl (C=O) groups is 1. The molecule has 0 aliphatic carbocycles. The van der Waals surface area contributed by atoms with Gasteiger partial charge in [-0.2, -0.15) is 10.1 Å². The Balaban J connectivity index is 1.75. The number of hydrogen-bond acceptors (Lipinski definition) is 7. The molecule has 10 heteroatoms. The van der Waals surface area contributed by atoms with Crippen LogP contribution in [0, 0.1) is 0 Å². The molecule has 27 heavy (non-hydrogen) atoms. The molecule has 0 aliphatic rings. The molecule has 0 bridgehead atoms. The first kappa shape index (κ1) is 18.6. The highest BCUT2D eigenvalue weighted by atomic mass is 35.5. The van der Waals surface area contributed by atoms with Gasteiger partial charge in [0.1, 0.15) is 11.6 Å². The predicted octanol–water partition coefficient (Wildman–Crippen LogP) is 2.30. The number of nitrogens with zero attached hydrogens (tertiary/aromatic N) is 4. The Morgan fingerprint density at radius 2 is 2.04 bits per heavy atom. The van der Waals surface area contributed by atoms with Gasteiger partial charge in [0.15, 0.2) is 5.82 Å². The summed E-state index contributed by atoms with van der Waals surface area (Å²) in [6, 6.07) is 9.04. The fraction of sp³-hybridized carbons (Fsp3) is 0.176. The molecule has 0 fully saturated rings. The number of aliphatic hydroxyl groups excluding tert-OH is 1. The van der Waals surface area contributed by atoms with Crippen LogP contribution in [0.25, 0.3) is 0 Å². The Morgan fingerprint density at radius 1 is 1.26 bits per heavy atom. The lowest BCUT2D eigenvalue weighted by Gasteiger charge is -2.18. The van der Waals surface area contributed by atoms with Crippen LogP contribution in [0.15, 0.2) is 48.9 Å². The second kappa shape index (κ2) is 8.47. The summed E-state index contributed by atoms with van der Waals surface area (Å²) in [4.78, 5) is 19.1. The van der Waals surface area contributed by atoms with Crippen LogP contribution in [0.5, 0.6) is 0 Å². The average molecular weight is 389 g/mol. The number of halogens is 1. The summed E-state index contributed by atoms with van der Waals surface area (Å²) in [5.41, 5.74) is 1.42. The third-order valence-electron chi connectivity index (χ3n) is 3.63. The minimum Gasteiger partial charge on any atom is -0.480 e. The maximum atomic E-state index is 10.7. The van der Waals surface area contributed by atoms with E-state index in [9.17, 15) is 9.90 Å². The number of carboxylic acids is 1. The van der Waals surface area contributed by atoms with Crippen molar-refractivity contribution in [2.75, 3.05) is 17.2 Å². The van der Waals surface area contributed by atoms with Gasteiger partial charge in [-0.05, 0) is 5.56 Å². The van der Waals surface area contributed by atoms with E-state index in [-0.39, 0.29) is 25.1 Å². The van der Waals surface area contributed by atoms with Gasteiger partial charge in [-0.3, -0.25) is 9.48 Å². The van der Waals surface area contributed by atoms with E-state index < -0.39 is 5.97 Å². The van der Waals surface area contributed by atoms with Gasteiger partial charge >= 0.3 is 5.97 Å². The average Bonchev–Trinajstić information content (AvgIpc) is 3.09. The van der Waals surface area contributed by atoms with E-state index in [0.717, 1.165) is 5.56 Å². The van der Waals surface area contributed by atoms with Gasteiger partial charge in [0.05, 0.1) is 30.7 Å². The standard InChI is InChI=1S/C17H17ClN6O3/c18-13-7-19-17(21-12-6-20-24(8-12)9-15(26)27)23-16(13)22-14(10-25)11-4-2-1-3-5-11/h1-8,14,25H,9-10H2,(H,26,27)(H2,19,21,22,23)/t14-/m1/s1. The molecule has 1 atom stereocenters. The Bertz CT molecular complexity index is 918. The summed E-state index contributed by atoms with van der Waals surface area (Å²) in [7, 11) is 0. The van der Waals surface area contributed by atoms with Crippen LogP contribution >= 0.6 is 11.6 Å². The number of rotatable bonds is 8. The molecule has 0 saturated carbocycles. The van der Waals surface area contributed by atoms with E-state index in [1.165, 1.54) is 23.3 Å². The number of anilines is 3. The number of hydrogen-bond donors (Lipinski definition) is 4. The molecular weight excluding hydrogens is 372 g/mol. The molecule has 0 saturated heterocycles. The van der Waals surface area contributed by atoms with Crippen LogP contribution in [0.1, 0.15) is 11.6 Å². The van der Waals surface area contributed by atoms with E-state index in [2.05, 4.69) is 25.7 Å². The van der Waals surface area contributed by atoms with Crippen molar-refractivity contribution in [1.82, 2.24) is 19.7 Å². The molecular formula is C17H17ClN6O3. The Kier molecular flexibility index (Phi) is 5.84. The number of carboxylic acid groups (broad SMARTS) is 1. The molecule has 0 spiro atoms. The number of nitrogens with one attached hydrogen (secondary N) is 2. The monoisotopic (exact) mass is 388 g/mol. The zero-order chi connectivity index (χ0) is 19.2. The van der Waals surface area contributed by atoms with E-state index in [1.807, 2.05) is 30.3 Å². The van der Waals surface area contributed by atoms with Crippen molar-refractivity contribution >= 4 is 35.0 Å². The van der Waals surface area contributed by atoms with Crippen LogP contribution in [0.4, 0.5) is 17.5 Å². The van der Waals surface area contributed by atoms with Crippen LogP contribution in [-0.4, -0.2) is 42.5 Å². The highest BCUT2D eigenvalue weighted by Gasteiger charge is 2.14. The van der Waals surface area contributed by atoms with Gasteiger partial charge in [-0.1, -0.05) is 41.9 Å². The zero-order valence-corrected chi connectivity index (χ0v) is 14.8. The van der Waals surface area contributed by atoms with E-state index in [0.29, 0.717) is 16.5 Å². The second-order valence-corrected chi connectivity index (χ2v) is 6.03. The Morgan fingerprint density at radius 3 is 2.74 bits per heavy atom. The lowest BCUT2D eigenvalue weighted by molar-refractivity contribution is -0.137. The number of benzene rings is 1. The Hall–Kier alpha value is -3.17. The van der Waals surface area contributed by atoms with Crippen LogP contribution in [0.2, 0.25) is 5.02 Å². The van der Waals surface area contributed by atoms with Gasteiger partial charge in [0.25, 0.3) is 0 Å². The molecule has 0 unspecified atom stereocenters. The number of aliphatic hydroxyl groups is 1. The summed E-state index contributed by atoms with van der Waals surface area (Å²) in [6.07, 6.45) is 4.43.